The van der Waals surface area contributed by atoms with E-state index in [9.17, 15) is 13.2 Å². The molecule has 0 unspecified atom stereocenters. The second-order valence-corrected chi connectivity index (χ2v) is 9.89. The van der Waals surface area contributed by atoms with E-state index in [0.29, 0.717) is 4.80 Å². The van der Waals surface area contributed by atoms with Gasteiger partial charge in [-0.1, -0.05) is 36.5 Å². The van der Waals surface area contributed by atoms with E-state index in [2.05, 4.69) is 31.0 Å². The van der Waals surface area contributed by atoms with Gasteiger partial charge >= 0.3 is 0 Å². The Balaban J connectivity index is 1.88. The SMILES string of the molecule is CCS(=O)(=O)c1ccc(CC(=O)/N=c2\sc3cc(C)cc(C)c3n2C)cc1. The van der Waals surface area contributed by atoms with E-state index in [0.717, 1.165) is 21.3 Å². The Hall–Kier alpha value is -2.25. The van der Waals surface area contributed by atoms with Gasteiger partial charge in [0.05, 0.1) is 27.3 Å². The Bertz CT molecular complexity index is 1180. The van der Waals surface area contributed by atoms with Crippen molar-refractivity contribution in [1.82, 2.24) is 4.57 Å². The van der Waals surface area contributed by atoms with Crippen LogP contribution in [0.15, 0.2) is 46.3 Å². The zero-order valence-electron chi connectivity index (χ0n) is 15.8. The Labute approximate surface area is 162 Å². The largest absolute Gasteiger partial charge is 0.319 e. The molecule has 0 N–H and O–H groups in total. The number of fused-ring (bicyclic) bond motifs is 1. The quantitative estimate of drug-likeness (QED) is 0.672. The first-order valence-corrected chi connectivity index (χ1v) is 11.1. The number of nitrogens with zero attached hydrogens (tertiary/aromatic N) is 2. The maximum absolute atomic E-state index is 12.4. The topological polar surface area (TPSA) is 68.5 Å². The number of amides is 1. The van der Waals surface area contributed by atoms with Crippen LogP contribution in [0.2, 0.25) is 0 Å². The second-order valence-electron chi connectivity index (χ2n) is 6.60. The molecule has 0 radical (unpaired) electrons. The molecule has 5 nitrogen and oxygen atoms in total. The van der Waals surface area contributed by atoms with Gasteiger partial charge in [0.15, 0.2) is 14.6 Å². The van der Waals surface area contributed by atoms with Gasteiger partial charge in [0, 0.05) is 7.05 Å². The number of aryl methyl sites for hydroxylation is 3. The average Bonchev–Trinajstić information content (AvgIpc) is 2.90. The second kappa shape index (κ2) is 7.40. The fourth-order valence-corrected chi connectivity index (χ4v) is 5.19. The molecule has 27 heavy (non-hydrogen) atoms. The molecule has 0 saturated heterocycles. The molecule has 1 heterocycles. The average molecular weight is 403 g/mol. The summed E-state index contributed by atoms with van der Waals surface area (Å²) in [5.41, 5.74) is 4.17. The van der Waals surface area contributed by atoms with E-state index < -0.39 is 9.84 Å². The van der Waals surface area contributed by atoms with Crippen LogP contribution in [-0.2, 0) is 28.1 Å². The molecule has 3 rings (SSSR count). The van der Waals surface area contributed by atoms with Gasteiger partial charge in [-0.2, -0.15) is 4.99 Å². The fourth-order valence-electron chi connectivity index (χ4n) is 3.09. The first-order chi connectivity index (χ1) is 12.7. The maximum atomic E-state index is 12.4. The van der Waals surface area contributed by atoms with Crippen LogP contribution in [-0.4, -0.2) is 24.6 Å². The van der Waals surface area contributed by atoms with Crippen LogP contribution in [0.5, 0.6) is 0 Å². The number of sulfone groups is 1. The van der Waals surface area contributed by atoms with Crippen molar-refractivity contribution in [2.45, 2.75) is 32.1 Å². The summed E-state index contributed by atoms with van der Waals surface area (Å²) >= 11 is 1.50. The van der Waals surface area contributed by atoms with Crippen LogP contribution < -0.4 is 4.80 Å². The van der Waals surface area contributed by atoms with Crippen molar-refractivity contribution < 1.29 is 13.2 Å². The molecule has 0 bridgehead atoms. The van der Waals surface area contributed by atoms with Gasteiger partial charge in [-0.3, -0.25) is 4.79 Å². The van der Waals surface area contributed by atoms with Gasteiger partial charge in [0.25, 0.3) is 5.91 Å². The third-order valence-corrected chi connectivity index (χ3v) is 7.30. The highest BCUT2D eigenvalue weighted by molar-refractivity contribution is 7.91. The molecule has 1 amide bonds. The highest BCUT2D eigenvalue weighted by Gasteiger charge is 2.12. The monoisotopic (exact) mass is 402 g/mol. The molecule has 2 aromatic carbocycles. The molecule has 3 aromatic rings. The van der Waals surface area contributed by atoms with Gasteiger partial charge in [-0.15, -0.1) is 0 Å². The minimum Gasteiger partial charge on any atom is -0.319 e. The smallest absolute Gasteiger partial charge is 0.252 e. The summed E-state index contributed by atoms with van der Waals surface area (Å²) in [7, 11) is -1.32. The summed E-state index contributed by atoms with van der Waals surface area (Å²) in [6.07, 6.45) is 0.138. The van der Waals surface area contributed by atoms with Crippen LogP contribution in [0.4, 0.5) is 0 Å². The minimum atomic E-state index is -3.23. The number of rotatable bonds is 4. The van der Waals surface area contributed by atoms with E-state index >= 15 is 0 Å². The van der Waals surface area contributed by atoms with Crippen LogP contribution in [0.1, 0.15) is 23.6 Å². The first kappa shape index (κ1) is 19.5. The summed E-state index contributed by atoms with van der Waals surface area (Å²) in [4.78, 5) is 17.6. The van der Waals surface area contributed by atoms with E-state index in [4.69, 9.17) is 0 Å². The number of carbonyl (C=O) groups is 1. The van der Waals surface area contributed by atoms with E-state index in [1.54, 1.807) is 31.2 Å². The lowest BCUT2D eigenvalue weighted by Gasteiger charge is -2.03. The lowest BCUT2D eigenvalue weighted by Crippen LogP contribution is -2.14. The Morgan fingerprint density at radius 2 is 1.81 bits per heavy atom. The summed E-state index contributed by atoms with van der Waals surface area (Å²) in [6.45, 7) is 5.72. The molecule has 0 aliphatic rings. The minimum absolute atomic E-state index is 0.0575. The van der Waals surface area contributed by atoms with E-state index in [1.165, 1.54) is 16.9 Å². The standard InChI is InChI=1S/C20H22N2O3S2/c1-5-27(24,25)16-8-6-15(7-9-16)12-18(23)21-20-22(4)19-14(3)10-13(2)11-17(19)26-20/h6-11H,5,12H2,1-4H3/b21-20-. The van der Waals surface area contributed by atoms with Gasteiger partial charge in [-0.25, -0.2) is 8.42 Å². The first-order valence-electron chi connectivity index (χ1n) is 8.67. The molecule has 142 valence electrons. The highest BCUT2D eigenvalue weighted by atomic mass is 32.2. The molecule has 0 fully saturated rings. The molecule has 0 atom stereocenters. The van der Waals surface area contributed by atoms with Crippen molar-refractivity contribution in [2.75, 3.05) is 5.75 Å². The number of thiazole rings is 1. The molecule has 0 aliphatic carbocycles. The Kier molecular flexibility index (Phi) is 5.35. The number of benzene rings is 2. The predicted molar refractivity (Wildman–Crippen MR) is 109 cm³/mol. The van der Waals surface area contributed by atoms with Crippen molar-refractivity contribution in [1.29, 1.82) is 0 Å². The van der Waals surface area contributed by atoms with Crippen molar-refractivity contribution in [3.8, 4) is 0 Å². The molecule has 0 aliphatic heterocycles. The number of hydrogen-bond donors (Lipinski definition) is 0. The van der Waals surface area contributed by atoms with Crippen LogP contribution >= 0.6 is 11.3 Å². The van der Waals surface area contributed by atoms with E-state index in [1.807, 2.05) is 11.6 Å². The third-order valence-electron chi connectivity index (χ3n) is 4.47. The van der Waals surface area contributed by atoms with Crippen molar-refractivity contribution >= 4 is 37.3 Å². The predicted octanol–water partition coefficient (Wildman–Crippen LogP) is 3.32. The molecule has 1 aromatic heterocycles. The molecule has 0 saturated carbocycles. The fraction of sp³-hybridized carbons (Fsp3) is 0.300. The van der Waals surface area contributed by atoms with Crippen molar-refractivity contribution in [3.63, 3.8) is 0 Å². The lowest BCUT2D eigenvalue weighted by atomic mass is 10.1. The highest BCUT2D eigenvalue weighted by Crippen LogP contribution is 2.22. The normalized spacial score (nSPS) is 12.7. The lowest BCUT2D eigenvalue weighted by molar-refractivity contribution is -0.117. The van der Waals surface area contributed by atoms with Gasteiger partial charge < -0.3 is 4.57 Å². The summed E-state index contributed by atoms with van der Waals surface area (Å²) < 4.78 is 26.8. The van der Waals surface area contributed by atoms with Crippen LogP contribution in [0.3, 0.4) is 0 Å². The number of hydrogen-bond acceptors (Lipinski definition) is 4. The molecule has 7 heteroatoms. The maximum Gasteiger partial charge on any atom is 0.252 e. The van der Waals surface area contributed by atoms with E-state index in [-0.39, 0.29) is 23.0 Å². The van der Waals surface area contributed by atoms with Gasteiger partial charge in [-0.05, 0) is 48.7 Å². The zero-order valence-corrected chi connectivity index (χ0v) is 17.4. The molecular formula is C20H22N2O3S2. The van der Waals surface area contributed by atoms with Crippen molar-refractivity contribution in [3.05, 3.63) is 57.9 Å². The molecular weight excluding hydrogens is 380 g/mol. The van der Waals surface area contributed by atoms with Crippen LogP contribution in [0, 0.1) is 13.8 Å². The Morgan fingerprint density at radius 1 is 1.15 bits per heavy atom. The summed E-state index contributed by atoms with van der Waals surface area (Å²) in [5, 5.41) is 0. The number of aromatic nitrogens is 1. The Morgan fingerprint density at radius 3 is 2.44 bits per heavy atom. The number of carbonyl (C=O) groups excluding carboxylic acids is 1. The van der Waals surface area contributed by atoms with Crippen LogP contribution in [0.25, 0.3) is 10.2 Å². The third kappa shape index (κ3) is 4.04. The van der Waals surface area contributed by atoms with Gasteiger partial charge in [0.2, 0.25) is 0 Å². The molecule has 0 spiro atoms. The summed E-state index contributed by atoms with van der Waals surface area (Å²) in [6, 6.07) is 10.7. The van der Waals surface area contributed by atoms with Gasteiger partial charge in [0.1, 0.15) is 0 Å². The van der Waals surface area contributed by atoms with Crippen molar-refractivity contribution in [2.24, 2.45) is 12.0 Å². The summed E-state index contributed by atoms with van der Waals surface area (Å²) in [5.74, 6) is -0.195. The zero-order chi connectivity index (χ0) is 19.8.